The normalized spacial score (nSPS) is 23.4. The van der Waals surface area contributed by atoms with E-state index in [-0.39, 0.29) is 5.92 Å². The maximum absolute atomic E-state index is 10.7. The van der Waals surface area contributed by atoms with E-state index in [0.29, 0.717) is 5.92 Å². The largest absolute Gasteiger partial charge is 0.481 e. The summed E-state index contributed by atoms with van der Waals surface area (Å²) in [5.41, 5.74) is 1.03. The minimum atomic E-state index is -0.656. The average molecular weight is 220 g/mol. The number of carbonyl (C=O) groups is 1. The van der Waals surface area contributed by atoms with E-state index >= 15 is 0 Å². The Kier molecular flexibility index (Phi) is 3.19. The minimum absolute atomic E-state index is 0.119. The van der Waals surface area contributed by atoms with Gasteiger partial charge in [-0.3, -0.25) is 9.78 Å². The minimum Gasteiger partial charge on any atom is -0.481 e. The van der Waals surface area contributed by atoms with Crippen LogP contribution < -0.4 is 0 Å². The summed E-state index contributed by atoms with van der Waals surface area (Å²) >= 11 is 0. The first-order valence-corrected chi connectivity index (χ1v) is 5.48. The Morgan fingerprint density at radius 1 is 1.62 bits per heavy atom. The zero-order valence-corrected chi connectivity index (χ0v) is 9.34. The molecule has 0 aromatic carbocycles. The van der Waals surface area contributed by atoms with E-state index in [1.54, 1.807) is 6.20 Å². The molecule has 0 spiro atoms. The zero-order valence-electron chi connectivity index (χ0n) is 9.34. The fourth-order valence-electron chi connectivity index (χ4n) is 1.98. The lowest BCUT2D eigenvalue weighted by atomic mass is 10.3. The summed E-state index contributed by atoms with van der Waals surface area (Å²) in [7, 11) is 2.01. The smallest absolute Gasteiger partial charge is 0.306 e. The molecule has 16 heavy (non-hydrogen) atoms. The number of hydrogen-bond acceptors (Lipinski definition) is 3. The van der Waals surface area contributed by atoms with Crippen molar-refractivity contribution in [3.8, 4) is 0 Å². The van der Waals surface area contributed by atoms with Crippen LogP contribution in [0.2, 0.25) is 0 Å². The average Bonchev–Trinajstić information content (AvgIpc) is 2.98. The van der Waals surface area contributed by atoms with Gasteiger partial charge in [-0.05, 0) is 31.5 Å². The Balaban J connectivity index is 1.78. The molecule has 1 aliphatic carbocycles. The molecule has 4 heteroatoms. The van der Waals surface area contributed by atoms with Gasteiger partial charge in [0, 0.05) is 19.3 Å². The molecular formula is C12H16N2O2. The monoisotopic (exact) mass is 220 g/mol. The summed E-state index contributed by atoms with van der Waals surface area (Å²) in [4.78, 5) is 17.1. The summed E-state index contributed by atoms with van der Waals surface area (Å²) in [5, 5.41) is 8.80. The highest BCUT2D eigenvalue weighted by Crippen LogP contribution is 2.39. The van der Waals surface area contributed by atoms with E-state index in [0.717, 1.165) is 25.2 Å². The molecule has 0 aliphatic heterocycles. The van der Waals surface area contributed by atoms with Crippen molar-refractivity contribution in [3.63, 3.8) is 0 Å². The van der Waals surface area contributed by atoms with E-state index in [4.69, 9.17) is 5.11 Å². The van der Waals surface area contributed by atoms with Crippen LogP contribution >= 0.6 is 0 Å². The van der Waals surface area contributed by atoms with E-state index in [2.05, 4.69) is 9.88 Å². The Bertz CT molecular complexity index is 367. The van der Waals surface area contributed by atoms with Crippen LogP contribution in [0.25, 0.3) is 0 Å². The number of aliphatic carboxylic acids is 1. The van der Waals surface area contributed by atoms with Crippen molar-refractivity contribution >= 4 is 5.97 Å². The van der Waals surface area contributed by atoms with Gasteiger partial charge >= 0.3 is 5.97 Å². The van der Waals surface area contributed by atoms with Crippen LogP contribution in [-0.2, 0) is 11.3 Å². The second kappa shape index (κ2) is 4.61. The second-order valence-electron chi connectivity index (χ2n) is 4.46. The molecule has 1 aliphatic rings. The Hall–Kier alpha value is -1.42. The predicted octanol–water partition coefficient (Wildman–Crippen LogP) is 1.23. The van der Waals surface area contributed by atoms with Crippen LogP contribution in [0.4, 0.5) is 0 Å². The van der Waals surface area contributed by atoms with Gasteiger partial charge < -0.3 is 10.0 Å². The molecule has 2 rings (SSSR count). The molecule has 0 radical (unpaired) electrons. The van der Waals surface area contributed by atoms with E-state index in [9.17, 15) is 4.79 Å². The number of carboxylic acids is 1. The molecule has 86 valence electrons. The highest BCUT2D eigenvalue weighted by atomic mass is 16.4. The van der Waals surface area contributed by atoms with Crippen LogP contribution in [0, 0.1) is 11.8 Å². The van der Waals surface area contributed by atoms with Crippen LogP contribution in [0.5, 0.6) is 0 Å². The Labute approximate surface area is 94.9 Å². The number of pyridine rings is 1. The summed E-state index contributed by atoms with van der Waals surface area (Å²) in [6, 6.07) is 5.84. The van der Waals surface area contributed by atoms with Crippen molar-refractivity contribution in [1.29, 1.82) is 0 Å². The van der Waals surface area contributed by atoms with Gasteiger partial charge in [-0.15, -0.1) is 0 Å². The molecule has 2 unspecified atom stereocenters. The van der Waals surface area contributed by atoms with Crippen LogP contribution in [0.3, 0.4) is 0 Å². The second-order valence-corrected chi connectivity index (χ2v) is 4.46. The first-order valence-electron chi connectivity index (χ1n) is 5.48. The summed E-state index contributed by atoms with van der Waals surface area (Å²) in [6.07, 6.45) is 2.60. The number of carboxylic acid groups (broad SMARTS) is 1. The Morgan fingerprint density at radius 2 is 2.44 bits per heavy atom. The lowest BCUT2D eigenvalue weighted by Gasteiger charge is -2.15. The molecule has 1 aromatic heterocycles. The van der Waals surface area contributed by atoms with Gasteiger partial charge in [0.05, 0.1) is 11.6 Å². The first-order chi connectivity index (χ1) is 7.66. The third kappa shape index (κ3) is 2.79. The maximum atomic E-state index is 10.7. The molecule has 4 nitrogen and oxygen atoms in total. The van der Waals surface area contributed by atoms with E-state index < -0.39 is 5.97 Å². The van der Waals surface area contributed by atoms with Crippen molar-refractivity contribution in [1.82, 2.24) is 9.88 Å². The van der Waals surface area contributed by atoms with E-state index in [1.807, 2.05) is 25.2 Å². The van der Waals surface area contributed by atoms with Gasteiger partial charge in [0.25, 0.3) is 0 Å². The molecule has 0 saturated heterocycles. The molecule has 2 atom stereocenters. The van der Waals surface area contributed by atoms with Crippen molar-refractivity contribution in [3.05, 3.63) is 30.1 Å². The zero-order chi connectivity index (χ0) is 11.5. The fourth-order valence-corrected chi connectivity index (χ4v) is 1.98. The van der Waals surface area contributed by atoms with Crippen molar-refractivity contribution < 1.29 is 9.90 Å². The van der Waals surface area contributed by atoms with Crippen LogP contribution in [-0.4, -0.2) is 34.6 Å². The number of hydrogen-bond donors (Lipinski definition) is 1. The summed E-state index contributed by atoms with van der Waals surface area (Å²) in [6.45, 7) is 1.62. The topological polar surface area (TPSA) is 53.4 Å². The molecule has 1 fully saturated rings. The third-order valence-electron chi connectivity index (χ3n) is 2.94. The number of nitrogens with zero attached hydrogens (tertiary/aromatic N) is 2. The molecule has 1 heterocycles. The molecule has 0 amide bonds. The predicted molar refractivity (Wildman–Crippen MR) is 59.8 cm³/mol. The Morgan fingerprint density at radius 3 is 3.00 bits per heavy atom. The highest BCUT2D eigenvalue weighted by molar-refractivity contribution is 5.73. The first kappa shape index (κ1) is 11.1. The lowest BCUT2D eigenvalue weighted by Crippen LogP contribution is -2.22. The van der Waals surface area contributed by atoms with Crippen LogP contribution in [0.15, 0.2) is 24.4 Å². The highest BCUT2D eigenvalue weighted by Gasteiger charge is 2.43. The van der Waals surface area contributed by atoms with Crippen molar-refractivity contribution in [2.75, 3.05) is 13.6 Å². The van der Waals surface area contributed by atoms with E-state index in [1.165, 1.54) is 0 Å². The van der Waals surface area contributed by atoms with Crippen molar-refractivity contribution in [2.24, 2.45) is 11.8 Å². The molecule has 1 aromatic rings. The molecule has 0 bridgehead atoms. The lowest BCUT2D eigenvalue weighted by molar-refractivity contribution is -0.138. The summed E-state index contributed by atoms with van der Waals surface area (Å²) in [5.74, 6) is -0.450. The third-order valence-corrected chi connectivity index (χ3v) is 2.94. The quantitative estimate of drug-likeness (QED) is 0.811. The number of rotatable bonds is 5. The SMILES string of the molecule is CN(Cc1ccccn1)CC1CC1C(=O)O. The molecule has 1 N–H and O–H groups in total. The fraction of sp³-hybridized carbons (Fsp3) is 0.500. The maximum Gasteiger partial charge on any atom is 0.306 e. The van der Waals surface area contributed by atoms with Gasteiger partial charge in [-0.25, -0.2) is 0 Å². The van der Waals surface area contributed by atoms with Gasteiger partial charge in [-0.1, -0.05) is 6.07 Å². The molecular weight excluding hydrogens is 204 g/mol. The van der Waals surface area contributed by atoms with Gasteiger partial charge in [-0.2, -0.15) is 0 Å². The van der Waals surface area contributed by atoms with Gasteiger partial charge in [0.1, 0.15) is 0 Å². The molecule has 1 saturated carbocycles. The van der Waals surface area contributed by atoms with Crippen molar-refractivity contribution in [2.45, 2.75) is 13.0 Å². The summed E-state index contributed by atoms with van der Waals surface area (Å²) < 4.78 is 0. The standard InChI is InChI=1S/C12H16N2O2/c1-14(7-9-6-11(9)12(15)16)8-10-4-2-3-5-13-10/h2-5,9,11H,6-8H2,1H3,(H,15,16). The number of aromatic nitrogens is 1. The van der Waals surface area contributed by atoms with Crippen LogP contribution in [0.1, 0.15) is 12.1 Å². The van der Waals surface area contributed by atoms with Gasteiger partial charge in [0.15, 0.2) is 0 Å². The van der Waals surface area contributed by atoms with Gasteiger partial charge in [0.2, 0.25) is 0 Å².